The van der Waals surface area contributed by atoms with Gasteiger partial charge in [0.05, 0.1) is 11.4 Å². The molecule has 0 radical (unpaired) electrons. The number of carbonyl (C=O) groups excluding carboxylic acids is 2. The molecule has 0 heterocycles. The molecule has 1 saturated carbocycles. The number of hydrogen-bond acceptors (Lipinski definition) is 4. The number of esters is 2. The summed E-state index contributed by atoms with van der Waals surface area (Å²) in [6.45, 7) is 3.21. The van der Waals surface area contributed by atoms with Crippen LogP contribution in [0.5, 0.6) is 0 Å². The van der Waals surface area contributed by atoms with Crippen molar-refractivity contribution in [3.05, 3.63) is 0 Å². The molecule has 1 aliphatic rings. The van der Waals surface area contributed by atoms with Crippen molar-refractivity contribution in [2.75, 3.05) is 6.61 Å². The first-order valence-corrected chi connectivity index (χ1v) is 5.85. The Hall–Kier alpha value is -0.580. The molecule has 0 aromatic rings. The molecule has 86 valence electrons. The van der Waals surface area contributed by atoms with E-state index < -0.39 is 0 Å². The van der Waals surface area contributed by atoms with E-state index in [9.17, 15) is 9.59 Å². The summed E-state index contributed by atoms with van der Waals surface area (Å²) in [6, 6.07) is 0. The SMILES string of the molecule is CC(=O)OC[C@@H]1C[C@@H](Br)[C@H](OC(C)=O)C1. The normalized spacial score (nSPS) is 29.9. The molecule has 0 aliphatic heterocycles. The van der Waals surface area contributed by atoms with Gasteiger partial charge in [-0.1, -0.05) is 15.9 Å². The summed E-state index contributed by atoms with van der Waals surface area (Å²) < 4.78 is 10.1. The maximum atomic E-state index is 10.8. The van der Waals surface area contributed by atoms with Crippen molar-refractivity contribution in [1.82, 2.24) is 0 Å². The first kappa shape index (κ1) is 12.5. The van der Waals surface area contributed by atoms with Crippen LogP contribution in [-0.4, -0.2) is 29.5 Å². The van der Waals surface area contributed by atoms with Gasteiger partial charge in [-0.05, 0) is 18.8 Å². The molecule has 15 heavy (non-hydrogen) atoms. The zero-order chi connectivity index (χ0) is 11.4. The first-order chi connectivity index (χ1) is 6.99. The van der Waals surface area contributed by atoms with Gasteiger partial charge in [-0.3, -0.25) is 9.59 Å². The third-order valence-corrected chi connectivity index (χ3v) is 3.33. The zero-order valence-corrected chi connectivity index (χ0v) is 10.5. The van der Waals surface area contributed by atoms with Gasteiger partial charge in [0.25, 0.3) is 0 Å². The fourth-order valence-electron chi connectivity index (χ4n) is 1.75. The van der Waals surface area contributed by atoms with Crippen LogP contribution in [0.3, 0.4) is 0 Å². The van der Waals surface area contributed by atoms with Crippen molar-refractivity contribution in [1.29, 1.82) is 0 Å². The highest BCUT2D eigenvalue weighted by molar-refractivity contribution is 9.09. The van der Waals surface area contributed by atoms with E-state index in [4.69, 9.17) is 9.47 Å². The van der Waals surface area contributed by atoms with Crippen LogP contribution >= 0.6 is 15.9 Å². The summed E-state index contributed by atoms with van der Waals surface area (Å²) in [6.07, 6.45) is 1.52. The van der Waals surface area contributed by atoms with Crippen LogP contribution in [0.15, 0.2) is 0 Å². The van der Waals surface area contributed by atoms with Crippen LogP contribution in [0.4, 0.5) is 0 Å². The lowest BCUT2D eigenvalue weighted by Crippen LogP contribution is -2.20. The van der Waals surface area contributed by atoms with Crippen LogP contribution < -0.4 is 0 Å². The predicted octanol–water partition coefficient (Wildman–Crippen LogP) is 1.65. The van der Waals surface area contributed by atoms with Gasteiger partial charge in [-0.2, -0.15) is 0 Å². The lowest BCUT2D eigenvalue weighted by molar-refractivity contribution is -0.147. The van der Waals surface area contributed by atoms with Crippen molar-refractivity contribution in [2.45, 2.75) is 37.6 Å². The Kier molecular flexibility index (Phi) is 4.57. The summed E-state index contributed by atoms with van der Waals surface area (Å²) in [5.74, 6) is -0.253. The highest BCUT2D eigenvalue weighted by atomic mass is 79.9. The van der Waals surface area contributed by atoms with Crippen LogP contribution in [0.2, 0.25) is 0 Å². The van der Waals surface area contributed by atoms with E-state index >= 15 is 0 Å². The quantitative estimate of drug-likeness (QED) is 0.582. The number of alkyl halides is 1. The smallest absolute Gasteiger partial charge is 0.302 e. The van der Waals surface area contributed by atoms with Gasteiger partial charge in [-0.15, -0.1) is 0 Å². The molecular weight excluding hydrogens is 264 g/mol. The largest absolute Gasteiger partial charge is 0.466 e. The Bertz CT molecular complexity index is 254. The van der Waals surface area contributed by atoms with Crippen LogP contribution in [0, 0.1) is 5.92 Å². The molecule has 0 amide bonds. The predicted molar refractivity (Wildman–Crippen MR) is 57.6 cm³/mol. The maximum absolute atomic E-state index is 10.8. The van der Waals surface area contributed by atoms with E-state index in [0.717, 1.165) is 12.8 Å². The van der Waals surface area contributed by atoms with Crippen molar-refractivity contribution >= 4 is 27.9 Å². The third kappa shape index (κ3) is 4.20. The molecule has 5 heteroatoms. The van der Waals surface area contributed by atoms with Crippen molar-refractivity contribution in [3.63, 3.8) is 0 Å². The minimum Gasteiger partial charge on any atom is -0.466 e. The van der Waals surface area contributed by atoms with Crippen molar-refractivity contribution < 1.29 is 19.1 Å². The van der Waals surface area contributed by atoms with Gasteiger partial charge in [-0.25, -0.2) is 0 Å². The maximum Gasteiger partial charge on any atom is 0.302 e. The zero-order valence-electron chi connectivity index (χ0n) is 8.86. The molecule has 0 spiro atoms. The summed E-state index contributed by atoms with van der Waals surface area (Å²) in [4.78, 5) is 21.6. The summed E-state index contributed by atoms with van der Waals surface area (Å²) in [7, 11) is 0. The van der Waals surface area contributed by atoms with E-state index in [1.165, 1.54) is 13.8 Å². The fourth-order valence-corrected chi connectivity index (χ4v) is 2.60. The van der Waals surface area contributed by atoms with E-state index in [1.54, 1.807) is 0 Å². The molecule has 1 fully saturated rings. The Morgan fingerprint density at radius 1 is 1.27 bits per heavy atom. The van der Waals surface area contributed by atoms with Crippen LogP contribution in [-0.2, 0) is 19.1 Å². The van der Waals surface area contributed by atoms with Crippen molar-refractivity contribution in [3.8, 4) is 0 Å². The number of hydrogen-bond donors (Lipinski definition) is 0. The van der Waals surface area contributed by atoms with Crippen LogP contribution in [0.25, 0.3) is 0 Å². The molecule has 1 rings (SSSR count). The monoisotopic (exact) mass is 278 g/mol. The van der Waals surface area contributed by atoms with Crippen molar-refractivity contribution in [2.24, 2.45) is 5.92 Å². The standard InChI is InChI=1S/C10H15BrO4/c1-6(12)14-5-8-3-9(11)10(4-8)15-7(2)13/h8-10H,3-5H2,1-2H3/t8-,9-,10-/m1/s1. The molecule has 0 saturated heterocycles. The van der Waals surface area contributed by atoms with E-state index in [0.29, 0.717) is 6.61 Å². The highest BCUT2D eigenvalue weighted by Gasteiger charge is 2.35. The van der Waals surface area contributed by atoms with Gasteiger partial charge in [0.2, 0.25) is 0 Å². The van der Waals surface area contributed by atoms with Gasteiger partial charge in [0.15, 0.2) is 0 Å². The number of rotatable bonds is 3. The number of ether oxygens (including phenoxy) is 2. The van der Waals surface area contributed by atoms with Gasteiger partial charge >= 0.3 is 11.9 Å². The minimum absolute atomic E-state index is 0.0944. The second-order valence-electron chi connectivity index (χ2n) is 3.80. The lowest BCUT2D eigenvalue weighted by atomic mass is 10.1. The topological polar surface area (TPSA) is 52.6 Å². The molecule has 3 atom stereocenters. The molecule has 0 bridgehead atoms. The van der Waals surface area contributed by atoms with E-state index in [1.807, 2.05) is 0 Å². The van der Waals surface area contributed by atoms with E-state index in [-0.39, 0.29) is 28.8 Å². The van der Waals surface area contributed by atoms with E-state index in [2.05, 4.69) is 15.9 Å². The molecule has 1 aliphatic carbocycles. The number of halogens is 1. The molecule has 4 nitrogen and oxygen atoms in total. The third-order valence-electron chi connectivity index (χ3n) is 2.37. The lowest BCUT2D eigenvalue weighted by Gasteiger charge is -2.13. The van der Waals surface area contributed by atoms with Gasteiger partial charge in [0, 0.05) is 13.8 Å². The number of carbonyl (C=O) groups is 2. The summed E-state index contributed by atoms with van der Waals surface area (Å²) in [5.41, 5.74) is 0. The second kappa shape index (κ2) is 5.49. The fraction of sp³-hybridized carbons (Fsp3) is 0.800. The Balaban J connectivity index is 2.34. The Labute approximate surface area is 97.4 Å². The Morgan fingerprint density at radius 2 is 1.93 bits per heavy atom. The van der Waals surface area contributed by atoms with Gasteiger partial charge in [0.1, 0.15) is 6.10 Å². The summed E-state index contributed by atoms with van der Waals surface area (Å²) >= 11 is 3.46. The average Bonchev–Trinajstić information content (AvgIpc) is 2.43. The second-order valence-corrected chi connectivity index (χ2v) is 4.98. The molecule has 0 unspecified atom stereocenters. The molecule has 0 aromatic carbocycles. The molecule has 0 N–H and O–H groups in total. The Morgan fingerprint density at radius 3 is 2.47 bits per heavy atom. The highest BCUT2D eigenvalue weighted by Crippen LogP contribution is 2.33. The minimum atomic E-state index is -0.267. The average molecular weight is 279 g/mol. The molecular formula is C10H15BrO4. The molecule has 0 aromatic heterocycles. The van der Waals surface area contributed by atoms with Gasteiger partial charge < -0.3 is 9.47 Å². The summed E-state index contributed by atoms with van der Waals surface area (Å²) in [5, 5.41) is 0. The first-order valence-electron chi connectivity index (χ1n) is 4.93. The van der Waals surface area contributed by atoms with Crippen LogP contribution in [0.1, 0.15) is 26.7 Å².